The van der Waals surface area contributed by atoms with Gasteiger partial charge < -0.3 is 29.6 Å². The van der Waals surface area contributed by atoms with Gasteiger partial charge in [-0.2, -0.15) is 0 Å². The van der Waals surface area contributed by atoms with Gasteiger partial charge >= 0.3 is 0 Å². The number of nitrogens with zero attached hydrogens (tertiary/aromatic N) is 3. The van der Waals surface area contributed by atoms with E-state index < -0.39 is 21.7 Å². The average Bonchev–Trinajstić information content (AvgIpc) is 3.51. The summed E-state index contributed by atoms with van der Waals surface area (Å²) in [5.41, 5.74) is 9.10. The number of anilines is 1. The Hall–Kier alpha value is -3.91. The van der Waals surface area contributed by atoms with Gasteiger partial charge in [0.05, 0.1) is 43.5 Å². The third-order valence-electron chi connectivity index (χ3n) is 12.9. The van der Waals surface area contributed by atoms with Crippen LogP contribution in [0.3, 0.4) is 0 Å². The van der Waals surface area contributed by atoms with Crippen molar-refractivity contribution in [3.05, 3.63) is 82.2 Å². The van der Waals surface area contributed by atoms with E-state index in [9.17, 15) is 9.59 Å². The summed E-state index contributed by atoms with van der Waals surface area (Å²) < 4.78 is 46.9. The molecule has 9 atom stereocenters. The lowest BCUT2D eigenvalue weighted by molar-refractivity contribution is -0.115. The van der Waals surface area contributed by atoms with Crippen molar-refractivity contribution in [2.75, 3.05) is 51.6 Å². The molecule has 3 heterocycles. The number of methoxy groups -OCH3 is 2. The van der Waals surface area contributed by atoms with E-state index in [4.69, 9.17) is 36.3 Å². The van der Waals surface area contributed by atoms with E-state index in [1.807, 2.05) is 25.1 Å². The van der Waals surface area contributed by atoms with Crippen molar-refractivity contribution >= 4 is 45.2 Å². The van der Waals surface area contributed by atoms with Crippen molar-refractivity contribution in [2.24, 2.45) is 38.8 Å². The highest BCUT2D eigenvalue weighted by atomic mass is 35.5. The molecular formula is C43H56ClN5O7S. The predicted octanol–water partition coefficient (Wildman–Crippen LogP) is 6.40. The second-order valence-electron chi connectivity index (χ2n) is 16.5. The quantitative estimate of drug-likeness (QED) is 0.140. The van der Waals surface area contributed by atoms with Gasteiger partial charge in [-0.15, -0.1) is 10.9 Å². The molecule has 1 saturated carbocycles. The van der Waals surface area contributed by atoms with E-state index in [2.05, 4.69) is 37.7 Å². The van der Waals surface area contributed by atoms with Gasteiger partial charge in [0.25, 0.3) is 11.8 Å². The number of carbonyl (C=O) groups excluding carboxylic acids is 2. The molecule has 2 bridgehead atoms. The number of hydrogen-bond donors (Lipinski definition) is 2. The lowest BCUT2D eigenvalue weighted by Gasteiger charge is -2.47. The fourth-order valence-electron chi connectivity index (χ4n) is 10.0. The maximum Gasteiger partial charge on any atom is 0.286 e. The smallest absolute Gasteiger partial charge is 0.286 e. The van der Waals surface area contributed by atoms with Gasteiger partial charge in [-0.25, -0.2) is 4.21 Å². The second kappa shape index (κ2) is 17.1. The Labute approximate surface area is 341 Å². The van der Waals surface area contributed by atoms with Crippen LogP contribution in [0.5, 0.6) is 5.75 Å². The first-order chi connectivity index (χ1) is 27.4. The summed E-state index contributed by atoms with van der Waals surface area (Å²) in [5.74, 6) is -0.856. The van der Waals surface area contributed by atoms with Gasteiger partial charge in [0.1, 0.15) is 21.2 Å². The summed E-state index contributed by atoms with van der Waals surface area (Å²) in [7, 11) is 0.816. The Morgan fingerprint density at radius 1 is 1.21 bits per heavy atom. The fourth-order valence-corrected chi connectivity index (χ4v) is 12.1. The van der Waals surface area contributed by atoms with Crippen LogP contribution < -0.4 is 20.1 Å². The number of halogens is 1. The second-order valence-corrected chi connectivity index (χ2v) is 19.0. The zero-order valence-corrected chi connectivity index (χ0v) is 35.0. The lowest BCUT2D eigenvalue weighted by atomic mass is 9.67. The van der Waals surface area contributed by atoms with Crippen LogP contribution >= 0.6 is 11.6 Å². The molecule has 3 N–H and O–H groups in total. The maximum absolute atomic E-state index is 15.1. The number of carbonyl (C=O) groups is 2. The Kier molecular flexibility index (Phi) is 12.4. The number of benzene rings is 2. The van der Waals surface area contributed by atoms with Crippen molar-refractivity contribution < 1.29 is 32.7 Å². The molecule has 2 aromatic carbocycles. The molecule has 12 nitrogen and oxygen atoms in total. The van der Waals surface area contributed by atoms with Gasteiger partial charge in [-0.3, -0.25) is 19.3 Å². The van der Waals surface area contributed by atoms with Crippen LogP contribution in [-0.4, -0.2) is 87.3 Å². The SMILES string of the molecule is C=CC[C@@H]1C[C@@H]2C[C@H](OC)[C@@H]3CC[C@H]3CN3C[C@@]4(CCCc5cc(Cl)ccc54)COc4ccc(cc43)C(=O)N=S(=O)(NC(=O)/C(C=NC)=C(/N)OC)C[C@@H](C)[C@H]2O1. The van der Waals surface area contributed by atoms with Crippen LogP contribution in [0.1, 0.15) is 73.4 Å². The van der Waals surface area contributed by atoms with E-state index >= 15 is 4.21 Å². The molecule has 0 aromatic heterocycles. The van der Waals surface area contributed by atoms with Crippen molar-refractivity contribution in [2.45, 2.75) is 82.0 Å². The van der Waals surface area contributed by atoms with Crippen LogP contribution in [0, 0.1) is 23.7 Å². The fraction of sp³-hybridized carbons (Fsp3) is 0.558. The summed E-state index contributed by atoms with van der Waals surface area (Å²) in [4.78, 5) is 34.4. The van der Waals surface area contributed by atoms with Crippen molar-refractivity contribution in [1.29, 1.82) is 0 Å². The largest absolute Gasteiger partial charge is 0.490 e. The molecule has 308 valence electrons. The summed E-state index contributed by atoms with van der Waals surface area (Å²) in [6.45, 7) is 7.81. The minimum Gasteiger partial charge on any atom is -0.490 e. The van der Waals surface area contributed by atoms with E-state index in [1.54, 1.807) is 19.2 Å². The zero-order chi connectivity index (χ0) is 40.5. The number of fused-ring (bicyclic) bond motifs is 5. The summed E-state index contributed by atoms with van der Waals surface area (Å²) in [6.07, 6.45) is 9.92. The Bertz CT molecular complexity index is 2070. The van der Waals surface area contributed by atoms with Gasteiger partial charge in [0.2, 0.25) is 0 Å². The monoisotopic (exact) mass is 821 g/mol. The minimum absolute atomic E-state index is 0.0173. The molecule has 2 amide bonds. The number of nitrogens with one attached hydrogen (secondary N) is 1. The average molecular weight is 822 g/mol. The van der Waals surface area contributed by atoms with Crippen molar-refractivity contribution in [3.8, 4) is 5.75 Å². The molecule has 14 heteroatoms. The first-order valence-electron chi connectivity index (χ1n) is 20.1. The highest BCUT2D eigenvalue weighted by Gasteiger charge is 2.47. The Morgan fingerprint density at radius 2 is 2.04 bits per heavy atom. The first kappa shape index (κ1) is 41.3. The molecule has 1 spiro atoms. The molecule has 7 rings (SSSR count). The molecule has 2 aliphatic carbocycles. The topological polar surface area (TPSA) is 154 Å². The highest BCUT2D eigenvalue weighted by Crippen LogP contribution is 2.48. The normalized spacial score (nSPS) is 33.0. The van der Waals surface area contributed by atoms with E-state index in [-0.39, 0.29) is 58.3 Å². The molecule has 3 aliphatic heterocycles. The zero-order valence-electron chi connectivity index (χ0n) is 33.4. The number of hydrogen-bond acceptors (Lipinski definition) is 10. The third kappa shape index (κ3) is 8.49. The molecule has 57 heavy (non-hydrogen) atoms. The van der Waals surface area contributed by atoms with Crippen LogP contribution in [-0.2, 0) is 40.8 Å². The maximum atomic E-state index is 15.1. The van der Waals surface area contributed by atoms with Crippen molar-refractivity contribution in [3.63, 3.8) is 0 Å². The number of amides is 2. The molecule has 5 aliphatic rings. The van der Waals surface area contributed by atoms with Crippen molar-refractivity contribution in [1.82, 2.24) is 4.72 Å². The highest BCUT2D eigenvalue weighted by molar-refractivity contribution is 7.92. The van der Waals surface area contributed by atoms with Gasteiger partial charge in [-0.1, -0.05) is 30.7 Å². The van der Waals surface area contributed by atoms with E-state index in [0.717, 1.165) is 62.2 Å². The predicted molar refractivity (Wildman–Crippen MR) is 223 cm³/mol. The number of aryl methyl sites for hydroxylation is 1. The van der Waals surface area contributed by atoms with Crippen LogP contribution in [0.15, 0.2) is 69.9 Å². The Morgan fingerprint density at radius 3 is 2.75 bits per heavy atom. The van der Waals surface area contributed by atoms with Crippen LogP contribution in [0.25, 0.3) is 0 Å². The van der Waals surface area contributed by atoms with E-state index in [1.165, 1.54) is 31.5 Å². The Balaban J connectivity index is 1.34. The third-order valence-corrected chi connectivity index (χ3v) is 15.0. The lowest BCUT2D eigenvalue weighted by Crippen LogP contribution is -2.50. The van der Waals surface area contributed by atoms with Gasteiger partial charge in [0.15, 0.2) is 5.88 Å². The minimum atomic E-state index is -3.78. The van der Waals surface area contributed by atoms with Crippen LogP contribution in [0.4, 0.5) is 5.69 Å². The summed E-state index contributed by atoms with van der Waals surface area (Å²) in [6, 6.07) is 11.5. The molecule has 2 aromatic rings. The van der Waals surface area contributed by atoms with E-state index in [0.29, 0.717) is 37.2 Å². The number of rotatable bonds is 7. The number of nitrogens with two attached hydrogens (primary N) is 1. The first-order valence-corrected chi connectivity index (χ1v) is 22.1. The van der Waals surface area contributed by atoms with Gasteiger partial charge in [0, 0.05) is 49.5 Å². The summed E-state index contributed by atoms with van der Waals surface area (Å²) >= 11 is 6.50. The van der Waals surface area contributed by atoms with Gasteiger partial charge in [-0.05, 0) is 116 Å². The molecule has 1 saturated heterocycles. The molecular weight excluding hydrogens is 766 g/mol. The summed E-state index contributed by atoms with van der Waals surface area (Å²) in [5, 5.41) is 0.726. The number of aliphatic imine (C=N–C) groups is 1. The number of ether oxygens (including phenoxy) is 4. The molecule has 2 fully saturated rings. The standard InChI is InChI=1S/C43H56ClN5O7S/c1-6-8-32-18-30-20-38(53-4)33-13-10-29(33)22-49-24-43(16-7-9-27-17-31(44)12-14-35(27)43)25-55-37-15-11-28(19-36(37)49)41(50)47-57(52,23-26(2)39(30)56-32)48-42(51)34(21-46-3)40(45)54-5/h6,11-12,14-15,17,19,21,26,29-30,32-33,38-39H,1,7-10,13,16,18,20,22-25,45H2,2-5H3,(H,47,48,50,51,52)/b40-34-,46-21?/t26-,29+,30-,32-,33-,38+,39-,43+,57?/m1/s1. The molecule has 0 radical (unpaired) electrons. The molecule has 1 unspecified atom stereocenters. The van der Waals surface area contributed by atoms with Crippen LogP contribution in [0.2, 0.25) is 5.02 Å².